The highest BCUT2D eigenvalue weighted by molar-refractivity contribution is 5.25. The largest absolute Gasteiger partial charge is 0.313 e. The maximum atomic E-state index is 5.41. The van der Waals surface area contributed by atoms with Crippen LogP contribution in [0.25, 0.3) is 0 Å². The van der Waals surface area contributed by atoms with E-state index in [-0.39, 0.29) is 0 Å². The smallest absolute Gasteiger partial charge is 0.0240 e. The Balaban J connectivity index is 2.46. The molecule has 0 saturated carbocycles. The van der Waals surface area contributed by atoms with Crippen LogP contribution < -0.4 is 5.32 Å². The average Bonchev–Trinajstić information content (AvgIpc) is 2.34. The van der Waals surface area contributed by atoms with Gasteiger partial charge in [-0.25, -0.2) is 0 Å². The number of rotatable bonds is 7. The van der Waals surface area contributed by atoms with E-state index >= 15 is 0 Å². The first-order valence-corrected chi connectivity index (χ1v) is 6.49. The minimum atomic E-state index is 0.458. The Hall–Kier alpha value is -1.26. The van der Waals surface area contributed by atoms with Crippen LogP contribution in [0.3, 0.4) is 0 Å². The van der Waals surface area contributed by atoms with E-state index in [0.717, 1.165) is 32.2 Å². The highest BCUT2D eigenvalue weighted by atomic mass is 14.9. The van der Waals surface area contributed by atoms with E-state index in [2.05, 4.69) is 49.4 Å². The van der Waals surface area contributed by atoms with Crippen molar-refractivity contribution >= 4 is 0 Å². The van der Waals surface area contributed by atoms with Crippen LogP contribution in [0, 0.1) is 19.3 Å². The second-order valence-corrected chi connectivity index (χ2v) is 4.52. The fourth-order valence-electron chi connectivity index (χ4n) is 1.99. The average molecular weight is 229 g/mol. The van der Waals surface area contributed by atoms with Crippen molar-refractivity contribution in [2.75, 3.05) is 6.54 Å². The Labute approximate surface area is 106 Å². The normalized spacial score (nSPS) is 12.1. The lowest BCUT2D eigenvalue weighted by atomic mass is 9.99. The van der Waals surface area contributed by atoms with E-state index in [4.69, 9.17) is 6.42 Å². The second kappa shape index (κ2) is 7.92. The van der Waals surface area contributed by atoms with Gasteiger partial charge in [-0.05, 0) is 43.9 Å². The zero-order valence-corrected chi connectivity index (χ0v) is 11.0. The van der Waals surface area contributed by atoms with Gasteiger partial charge in [-0.3, -0.25) is 0 Å². The predicted octanol–water partition coefficient (Wildman–Crippen LogP) is 3.32. The lowest BCUT2D eigenvalue weighted by molar-refractivity contribution is 0.488. The minimum absolute atomic E-state index is 0.458. The van der Waals surface area contributed by atoms with Crippen LogP contribution in [0.2, 0.25) is 0 Å². The molecule has 1 N–H and O–H groups in total. The summed E-state index contributed by atoms with van der Waals surface area (Å²) < 4.78 is 0. The Bertz CT molecular complexity index is 362. The standard InChI is InChI=1S/C16H23N/c1-4-8-16(17-13-5-2)12-11-15-10-7-6-9-14(15)3/h1,6-7,9-10,16-17H,5,8,11-13H2,2-3H3. The van der Waals surface area contributed by atoms with E-state index in [1.165, 1.54) is 11.1 Å². The van der Waals surface area contributed by atoms with Crippen molar-refractivity contribution in [2.45, 2.75) is 45.6 Å². The number of hydrogen-bond acceptors (Lipinski definition) is 1. The summed E-state index contributed by atoms with van der Waals surface area (Å²) in [5.74, 6) is 2.77. The van der Waals surface area contributed by atoms with E-state index < -0.39 is 0 Å². The van der Waals surface area contributed by atoms with Gasteiger partial charge in [0, 0.05) is 12.5 Å². The molecule has 17 heavy (non-hydrogen) atoms. The summed E-state index contributed by atoms with van der Waals surface area (Å²) in [7, 11) is 0. The lowest BCUT2D eigenvalue weighted by Gasteiger charge is -2.16. The summed E-state index contributed by atoms with van der Waals surface area (Å²) in [5, 5.41) is 3.52. The molecular weight excluding hydrogens is 206 g/mol. The van der Waals surface area contributed by atoms with Crippen LogP contribution in [0.4, 0.5) is 0 Å². The minimum Gasteiger partial charge on any atom is -0.313 e. The highest BCUT2D eigenvalue weighted by Crippen LogP contribution is 2.11. The molecule has 92 valence electrons. The van der Waals surface area contributed by atoms with Crippen LogP contribution in [0.1, 0.15) is 37.3 Å². The third-order valence-corrected chi connectivity index (χ3v) is 3.07. The maximum absolute atomic E-state index is 5.41. The molecule has 0 aromatic heterocycles. The topological polar surface area (TPSA) is 12.0 Å². The maximum Gasteiger partial charge on any atom is 0.0240 e. The molecule has 1 rings (SSSR count). The molecule has 0 saturated heterocycles. The van der Waals surface area contributed by atoms with Crippen molar-refractivity contribution < 1.29 is 0 Å². The third-order valence-electron chi connectivity index (χ3n) is 3.07. The van der Waals surface area contributed by atoms with Gasteiger partial charge in [-0.2, -0.15) is 0 Å². The van der Waals surface area contributed by atoms with Crippen LogP contribution in [0.5, 0.6) is 0 Å². The van der Waals surface area contributed by atoms with Crippen LogP contribution in [0.15, 0.2) is 24.3 Å². The summed E-state index contributed by atoms with van der Waals surface area (Å²) >= 11 is 0. The first kappa shape index (κ1) is 13.8. The molecule has 0 aliphatic heterocycles. The van der Waals surface area contributed by atoms with Gasteiger partial charge in [0.2, 0.25) is 0 Å². The molecule has 0 spiro atoms. The van der Waals surface area contributed by atoms with E-state index in [1.807, 2.05) is 0 Å². The van der Waals surface area contributed by atoms with E-state index in [9.17, 15) is 0 Å². The van der Waals surface area contributed by atoms with Gasteiger partial charge in [0.25, 0.3) is 0 Å². The van der Waals surface area contributed by atoms with Gasteiger partial charge >= 0.3 is 0 Å². The molecule has 1 heteroatoms. The van der Waals surface area contributed by atoms with Crippen LogP contribution >= 0.6 is 0 Å². The SMILES string of the molecule is C#CCC(CCc1ccccc1C)NCCC. The number of hydrogen-bond donors (Lipinski definition) is 1. The van der Waals surface area contributed by atoms with Crippen molar-refractivity contribution in [3.8, 4) is 12.3 Å². The molecule has 1 aromatic carbocycles. The van der Waals surface area contributed by atoms with Gasteiger partial charge in [0.1, 0.15) is 0 Å². The molecule has 0 heterocycles. The summed E-state index contributed by atoms with van der Waals surface area (Å²) in [5.41, 5.74) is 2.82. The Kier molecular flexibility index (Phi) is 6.43. The van der Waals surface area contributed by atoms with Crippen molar-refractivity contribution in [3.63, 3.8) is 0 Å². The Morgan fingerprint density at radius 3 is 2.76 bits per heavy atom. The number of benzene rings is 1. The van der Waals surface area contributed by atoms with Gasteiger partial charge in [0.05, 0.1) is 0 Å². The zero-order valence-electron chi connectivity index (χ0n) is 11.0. The third kappa shape index (κ3) is 5.06. The predicted molar refractivity (Wildman–Crippen MR) is 75.0 cm³/mol. The fourth-order valence-corrected chi connectivity index (χ4v) is 1.99. The molecule has 0 aliphatic carbocycles. The molecule has 0 bridgehead atoms. The lowest BCUT2D eigenvalue weighted by Crippen LogP contribution is -2.29. The number of terminal acetylenes is 1. The molecule has 0 aliphatic rings. The molecule has 0 radical (unpaired) electrons. The van der Waals surface area contributed by atoms with Crippen LogP contribution in [-0.2, 0) is 6.42 Å². The molecule has 1 unspecified atom stereocenters. The summed E-state index contributed by atoms with van der Waals surface area (Å²) in [6.45, 7) is 5.41. The molecule has 1 aromatic rings. The van der Waals surface area contributed by atoms with Crippen molar-refractivity contribution in [2.24, 2.45) is 0 Å². The number of aryl methyl sites for hydroxylation is 2. The first-order valence-electron chi connectivity index (χ1n) is 6.49. The molecular formula is C16H23N. The molecule has 0 fully saturated rings. The molecule has 1 nitrogen and oxygen atoms in total. The quantitative estimate of drug-likeness (QED) is 0.707. The van der Waals surface area contributed by atoms with Gasteiger partial charge in [-0.15, -0.1) is 12.3 Å². The first-order chi connectivity index (χ1) is 8.27. The fraction of sp³-hybridized carbons (Fsp3) is 0.500. The molecule has 0 amide bonds. The Morgan fingerprint density at radius 1 is 1.35 bits per heavy atom. The highest BCUT2D eigenvalue weighted by Gasteiger charge is 2.07. The zero-order chi connectivity index (χ0) is 12.5. The van der Waals surface area contributed by atoms with Gasteiger partial charge in [0.15, 0.2) is 0 Å². The van der Waals surface area contributed by atoms with Crippen LogP contribution in [-0.4, -0.2) is 12.6 Å². The number of nitrogens with one attached hydrogen (secondary N) is 1. The van der Waals surface area contributed by atoms with Crippen molar-refractivity contribution in [1.82, 2.24) is 5.32 Å². The summed E-state index contributed by atoms with van der Waals surface area (Å²) in [6.07, 6.45) is 9.62. The van der Waals surface area contributed by atoms with E-state index in [1.54, 1.807) is 0 Å². The van der Waals surface area contributed by atoms with Crippen molar-refractivity contribution in [1.29, 1.82) is 0 Å². The summed E-state index contributed by atoms with van der Waals surface area (Å²) in [4.78, 5) is 0. The second-order valence-electron chi connectivity index (χ2n) is 4.52. The summed E-state index contributed by atoms with van der Waals surface area (Å²) in [6, 6.07) is 9.04. The molecule has 1 atom stereocenters. The monoisotopic (exact) mass is 229 g/mol. The van der Waals surface area contributed by atoms with Crippen molar-refractivity contribution in [3.05, 3.63) is 35.4 Å². The van der Waals surface area contributed by atoms with Gasteiger partial charge < -0.3 is 5.32 Å². The Morgan fingerprint density at radius 2 is 2.12 bits per heavy atom. The van der Waals surface area contributed by atoms with E-state index in [0.29, 0.717) is 6.04 Å². The van der Waals surface area contributed by atoms with Gasteiger partial charge in [-0.1, -0.05) is 31.2 Å².